The van der Waals surface area contributed by atoms with Crippen molar-refractivity contribution in [3.63, 3.8) is 0 Å². The third-order valence-corrected chi connectivity index (χ3v) is 4.15. The second-order valence-corrected chi connectivity index (χ2v) is 5.73. The predicted molar refractivity (Wildman–Crippen MR) is 84.4 cm³/mol. The lowest BCUT2D eigenvalue weighted by Crippen LogP contribution is -2.25. The van der Waals surface area contributed by atoms with Gasteiger partial charge in [-0.2, -0.15) is 11.8 Å². The molecular weight excluding hydrogens is 274 g/mol. The van der Waals surface area contributed by atoms with Crippen LogP contribution in [0.2, 0.25) is 0 Å². The zero-order valence-corrected chi connectivity index (χ0v) is 13.0. The van der Waals surface area contributed by atoms with Crippen molar-refractivity contribution in [2.45, 2.75) is 25.5 Å². The predicted octanol–water partition coefficient (Wildman–Crippen LogP) is 1.82. The number of ether oxygens (including phenoxy) is 1. The number of thioether (sulfide) groups is 1. The number of nitrogens with one attached hydrogen (secondary N) is 1. The molecule has 5 heteroatoms. The maximum absolute atomic E-state index is 9.38. The Labute approximate surface area is 125 Å². The molecule has 0 heterocycles. The highest BCUT2D eigenvalue weighted by molar-refractivity contribution is 7.99. The fourth-order valence-corrected chi connectivity index (χ4v) is 2.86. The zero-order valence-electron chi connectivity index (χ0n) is 12.2. The van der Waals surface area contributed by atoms with Crippen LogP contribution in [0.1, 0.15) is 24.9 Å². The first-order valence-corrected chi connectivity index (χ1v) is 8.10. The fourth-order valence-electron chi connectivity index (χ4n) is 1.80. The van der Waals surface area contributed by atoms with Crippen molar-refractivity contribution < 1.29 is 14.9 Å². The molecule has 0 aliphatic heterocycles. The van der Waals surface area contributed by atoms with E-state index in [0.29, 0.717) is 5.75 Å². The average Bonchev–Trinajstić information content (AvgIpc) is 2.50. The molecule has 0 saturated carbocycles. The van der Waals surface area contributed by atoms with E-state index in [2.05, 4.69) is 24.4 Å². The number of aliphatic hydroxyl groups excluding tert-OH is 2. The zero-order chi connectivity index (χ0) is 14.8. The first kappa shape index (κ1) is 17.3. The molecule has 0 fully saturated rings. The summed E-state index contributed by atoms with van der Waals surface area (Å²) in [6, 6.07) is 8.30. The summed E-state index contributed by atoms with van der Waals surface area (Å²) in [6.07, 6.45) is 0.444. The maximum atomic E-state index is 9.38. The molecule has 0 aromatic heterocycles. The third-order valence-electron chi connectivity index (χ3n) is 2.96. The third kappa shape index (κ3) is 6.13. The van der Waals surface area contributed by atoms with E-state index in [1.165, 1.54) is 5.56 Å². The molecule has 2 unspecified atom stereocenters. The van der Waals surface area contributed by atoms with Gasteiger partial charge in [0.05, 0.1) is 19.8 Å². The quantitative estimate of drug-likeness (QED) is 0.615. The van der Waals surface area contributed by atoms with E-state index >= 15 is 0 Å². The van der Waals surface area contributed by atoms with Gasteiger partial charge >= 0.3 is 0 Å². The van der Waals surface area contributed by atoms with Gasteiger partial charge in [-0.05, 0) is 30.7 Å². The van der Waals surface area contributed by atoms with Gasteiger partial charge in [0.2, 0.25) is 0 Å². The molecular formula is C15H25NO3S. The van der Waals surface area contributed by atoms with Crippen LogP contribution in [0.5, 0.6) is 5.75 Å². The van der Waals surface area contributed by atoms with E-state index in [1.807, 2.05) is 12.1 Å². The number of hydrogen-bond acceptors (Lipinski definition) is 5. The van der Waals surface area contributed by atoms with Crippen LogP contribution >= 0.6 is 11.8 Å². The van der Waals surface area contributed by atoms with Crippen LogP contribution in [0.4, 0.5) is 0 Å². The van der Waals surface area contributed by atoms with Crippen LogP contribution in [0.25, 0.3) is 0 Å². The Kier molecular flexibility index (Phi) is 8.69. The van der Waals surface area contributed by atoms with Crippen molar-refractivity contribution in [1.29, 1.82) is 0 Å². The first-order valence-electron chi connectivity index (χ1n) is 6.95. The topological polar surface area (TPSA) is 61.7 Å². The van der Waals surface area contributed by atoms with Gasteiger partial charge in [-0.15, -0.1) is 0 Å². The van der Waals surface area contributed by atoms with Gasteiger partial charge in [0.25, 0.3) is 0 Å². The molecule has 0 amide bonds. The van der Waals surface area contributed by atoms with Gasteiger partial charge in [0.1, 0.15) is 5.75 Å². The van der Waals surface area contributed by atoms with E-state index in [1.54, 1.807) is 18.9 Å². The molecule has 0 saturated heterocycles. The molecule has 2 atom stereocenters. The minimum Gasteiger partial charge on any atom is -0.497 e. The summed E-state index contributed by atoms with van der Waals surface area (Å²) in [7, 11) is 1.66. The lowest BCUT2D eigenvalue weighted by Gasteiger charge is -2.19. The van der Waals surface area contributed by atoms with E-state index in [0.717, 1.165) is 24.5 Å². The van der Waals surface area contributed by atoms with Crippen LogP contribution in [-0.2, 0) is 0 Å². The van der Waals surface area contributed by atoms with E-state index < -0.39 is 6.10 Å². The van der Waals surface area contributed by atoms with Crippen molar-refractivity contribution in [3.8, 4) is 5.75 Å². The minimum atomic E-state index is -0.636. The summed E-state index contributed by atoms with van der Waals surface area (Å²) < 4.78 is 5.17. The van der Waals surface area contributed by atoms with E-state index in [4.69, 9.17) is 9.84 Å². The summed E-state index contributed by atoms with van der Waals surface area (Å²) in [6.45, 7) is 2.92. The van der Waals surface area contributed by atoms with Crippen molar-refractivity contribution >= 4 is 11.8 Å². The van der Waals surface area contributed by atoms with E-state index in [-0.39, 0.29) is 12.6 Å². The van der Waals surface area contributed by atoms with Crippen LogP contribution in [0, 0.1) is 0 Å². The Balaban J connectivity index is 2.57. The SMILES string of the molecule is CCCNC(CSCC(O)CO)c1ccc(OC)cc1. The van der Waals surface area contributed by atoms with Gasteiger partial charge in [-0.25, -0.2) is 0 Å². The number of hydrogen-bond donors (Lipinski definition) is 3. The number of methoxy groups -OCH3 is 1. The van der Waals surface area contributed by atoms with Crippen LogP contribution in [0.3, 0.4) is 0 Å². The highest BCUT2D eigenvalue weighted by Crippen LogP contribution is 2.21. The number of aliphatic hydroxyl groups is 2. The molecule has 20 heavy (non-hydrogen) atoms. The van der Waals surface area contributed by atoms with Crippen molar-refractivity contribution in [2.75, 3.05) is 31.8 Å². The van der Waals surface area contributed by atoms with Gasteiger partial charge < -0.3 is 20.3 Å². The largest absolute Gasteiger partial charge is 0.497 e. The Morgan fingerprint density at radius 3 is 2.50 bits per heavy atom. The molecule has 1 aromatic carbocycles. The normalized spacial score (nSPS) is 14.0. The number of rotatable bonds is 10. The molecule has 0 radical (unpaired) electrons. The standard InChI is InChI=1S/C15H25NO3S/c1-3-8-16-15(11-20-10-13(18)9-17)12-4-6-14(19-2)7-5-12/h4-7,13,15-18H,3,8-11H2,1-2H3. The molecule has 0 spiro atoms. The Bertz CT molecular complexity index is 359. The monoisotopic (exact) mass is 299 g/mol. The van der Waals surface area contributed by atoms with E-state index in [9.17, 15) is 5.11 Å². The minimum absolute atomic E-state index is 0.178. The maximum Gasteiger partial charge on any atom is 0.118 e. The molecule has 0 aliphatic carbocycles. The molecule has 3 N–H and O–H groups in total. The summed E-state index contributed by atoms with van der Waals surface area (Å²) in [5, 5.41) is 21.7. The Morgan fingerprint density at radius 1 is 1.25 bits per heavy atom. The summed E-state index contributed by atoms with van der Waals surface area (Å²) in [4.78, 5) is 0. The van der Waals surface area contributed by atoms with Crippen LogP contribution in [-0.4, -0.2) is 48.1 Å². The van der Waals surface area contributed by atoms with Gasteiger partial charge in [0, 0.05) is 17.5 Å². The smallest absolute Gasteiger partial charge is 0.118 e. The summed E-state index contributed by atoms with van der Waals surface area (Å²) >= 11 is 1.65. The molecule has 1 aromatic rings. The van der Waals surface area contributed by atoms with Gasteiger partial charge in [-0.1, -0.05) is 19.1 Å². The average molecular weight is 299 g/mol. The Hall–Kier alpha value is -0.750. The van der Waals surface area contributed by atoms with Crippen molar-refractivity contribution in [3.05, 3.63) is 29.8 Å². The van der Waals surface area contributed by atoms with Crippen molar-refractivity contribution in [2.24, 2.45) is 0 Å². The lowest BCUT2D eigenvalue weighted by molar-refractivity contribution is 0.113. The molecule has 1 rings (SSSR count). The van der Waals surface area contributed by atoms with Gasteiger partial charge in [0.15, 0.2) is 0 Å². The van der Waals surface area contributed by atoms with Crippen molar-refractivity contribution in [1.82, 2.24) is 5.32 Å². The molecule has 0 bridgehead atoms. The highest BCUT2D eigenvalue weighted by Gasteiger charge is 2.12. The Morgan fingerprint density at radius 2 is 1.95 bits per heavy atom. The molecule has 4 nitrogen and oxygen atoms in total. The number of benzene rings is 1. The van der Waals surface area contributed by atoms with Crippen LogP contribution < -0.4 is 10.1 Å². The molecule has 0 aliphatic rings. The lowest BCUT2D eigenvalue weighted by atomic mass is 10.1. The van der Waals surface area contributed by atoms with Gasteiger partial charge in [-0.3, -0.25) is 0 Å². The second kappa shape index (κ2) is 10.0. The summed E-state index contributed by atoms with van der Waals surface area (Å²) in [5.74, 6) is 2.27. The van der Waals surface area contributed by atoms with Crippen LogP contribution in [0.15, 0.2) is 24.3 Å². The second-order valence-electron chi connectivity index (χ2n) is 4.65. The fraction of sp³-hybridized carbons (Fsp3) is 0.600. The molecule has 114 valence electrons. The highest BCUT2D eigenvalue weighted by atomic mass is 32.2. The summed E-state index contributed by atoms with van der Waals surface area (Å²) in [5.41, 5.74) is 1.21. The first-order chi connectivity index (χ1) is 9.71.